The fourth-order valence-electron chi connectivity index (χ4n) is 4.23. The van der Waals surface area contributed by atoms with Crippen LogP contribution in [-0.4, -0.2) is 36.0 Å². The fourth-order valence-corrected chi connectivity index (χ4v) is 4.23. The van der Waals surface area contributed by atoms with Crippen LogP contribution in [0.5, 0.6) is 0 Å². The van der Waals surface area contributed by atoms with Crippen LogP contribution in [0.1, 0.15) is 32.0 Å². The lowest BCUT2D eigenvalue weighted by molar-refractivity contribution is -0.123. The Hall–Kier alpha value is -5.12. The largest absolute Gasteiger partial charge is 0.345 e. The van der Waals surface area contributed by atoms with Gasteiger partial charge < -0.3 is 15.6 Å². The van der Waals surface area contributed by atoms with E-state index in [2.05, 4.69) is 30.8 Å². The van der Waals surface area contributed by atoms with E-state index in [1.165, 1.54) is 12.1 Å². The highest BCUT2D eigenvalue weighted by Gasteiger charge is 2.23. The molecule has 1 amide bonds. The minimum absolute atomic E-state index is 0.102. The number of H-pyrrole nitrogens is 2. The average molecular weight is 521 g/mol. The molecular formula is C29H25FN8O. The summed E-state index contributed by atoms with van der Waals surface area (Å²) in [6.07, 6.45) is 8.82. The molecule has 1 aromatic carbocycles. The Morgan fingerprint density at radius 1 is 1.03 bits per heavy atom. The predicted molar refractivity (Wildman–Crippen MR) is 149 cm³/mol. The van der Waals surface area contributed by atoms with E-state index in [0.29, 0.717) is 39.9 Å². The summed E-state index contributed by atoms with van der Waals surface area (Å²) < 4.78 is 14.0. The Kier molecular flexibility index (Phi) is 5.79. The van der Waals surface area contributed by atoms with Gasteiger partial charge in [-0.05, 0) is 42.0 Å². The van der Waals surface area contributed by atoms with E-state index >= 15 is 0 Å². The lowest BCUT2D eigenvalue weighted by Gasteiger charge is -2.17. The van der Waals surface area contributed by atoms with Gasteiger partial charge in [0, 0.05) is 28.9 Å². The van der Waals surface area contributed by atoms with Gasteiger partial charge in [-0.15, -0.1) is 0 Å². The third kappa shape index (κ3) is 4.68. The molecule has 1 aliphatic rings. The number of benzene rings is 1. The number of anilines is 2. The third-order valence-electron chi connectivity index (χ3n) is 6.29. The van der Waals surface area contributed by atoms with Crippen molar-refractivity contribution in [2.75, 3.05) is 10.6 Å². The monoisotopic (exact) mass is 520 g/mol. The molecular weight excluding hydrogens is 495 g/mol. The van der Waals surface area contributed by atoms with Gasteiger partial charge in [-0.1, -0.05) is 39.0 Å². The molecule has 0 bridgehead atoms. The number of halogens is 1. The van der Waals surface area contributed by atoms with Gasteiger partial charge in [-0.2, -0.15) is 5.10 Å². The number of pyridine rings is 2. The lowest BCUT2D eigenvalue weighted by atomic mass is 9.95. The Labute approximate surface area is 223 Å². The molecule has 0 aliphatic carbocycles. The zero-order chi connectivity index (χ0) is 27.1. The molecule has 0 saturated heterocycles. The van der Waals surface area contributed by atoms with Crippen molar-refractivity contribution in [2.24, 2.45) is 5.41 Å². The molecule has 5 aromatic rings. The molecule has 1 aliphatic heterocycles. The summed E-state index contributed by atoms with van der Waals surface area (Å²) in [7, 11) is 0. The summed E-state index contributed by atoms with van der Waals surface area (Å²) in [5.41, 5.74) is 5.58. The van der Waals surface area contributed by atoms with Crippen LogP contribution in [0.4, 0.5) is 15.9 Å². The molecule has 0 fully saturated rings. The molecule has 10 heteroatoms. The maximum absolute atomic E-state index is 14.0. The van der Waals surface area contributed by atoms with Crippen molar-refractivity contribution in [1.82, 2.24) is 30.1 Å². The number of nitrogens with zero attached hydrogens (tertiary/aromatic N) is 4. The van der Waals surface area contributed by atoms with Crippen molar-refractivity contribution in [2.45, 2.75) is 20.8 Å². The van der Waals surface area contributed by atoms with Crippen molar-refractivity contribution < 1.29 is 9.18 Å². The van der Waals surface area contributed by atoms with Gasteiger partial charge in [-0.3, -0.25) is 14.9 Å². The second kappa shape index (κ2) is 9.32. The summed E-state index contributed by atoms with van der Waals surface area (Å²) in [4.78, 5) is 29.7. The molecule has 5 heterocycles. The minimum atomic E-state index is -0.533. The molecule has 9 nitrogen and oxygen atoms in total. The number of nitrogens with one attached hydrogen (secondary N) is 4. The van der Waals surface area contributed by atoms with E-state index in [9.17, 15) is 9.18 Å². The van der Waals surface area contributed by atoms with Crippen LogP contribution in [0.25, 0.3) is 39.4 Å². The molecule has 0 saturated carbocycles. The zero-order valence-electron chi connectivity index (χ0n) is 21.5. The smallest absolute Gasteiger partial charge is 0.229 e. The molecule has 0 unspecified atom stereocenters. The minimum Gasteiger partial charge on any atom is -0.345 e. The number of hydrogen-bond donors (Lipinski definition) is 4. The van der Waals surface area contributed by atoms with Gasteiger partial charge >= 0.3 is 0 Å². The van der Waals surface area contributed by atoms with Gasteiger partial charge in [0.2, 0.25) is 5.91 Å². The van der Waals surface area contributed by atoms with Crippen LogP contribution in [-0.2, 0) is 4.79 Å². The SMILES string of the molecule is CC(C)(C)C(=O)Nc1cncc(-c2ccc3[nH]nc(-c4nc5c([nH]4)C(c4cccc(F)c4)=CC=CN5)c3n2)c1. The molecule has 0 radical (unpaired) electrons. The van der Waals surface area contributed by atoms with E-state index in [1.54, 1.807) is 24.7 Å². The number of rotatable bonds is 4. The van der Waals surface area contributed by atoms with Crippen molar-refractivity contribution in [3.8, 4) is 22.8 Å². The number of imidazole rings is 1. The van der Waals surface area contributed by atoms with Gasteiger partial charge in [0.1, 0.15) is 11.3 Å². The lowest BCUT2D eigenvalue weighted by Crippen LogP contribution is -2.27. The Bertz CT molecular complexity index is 1790. The highest BCUT2D eigenvalue weighted by Crippen LogP contribution is 2.34. The number of fused-ring (bicyclic) bond motifs is 2. The van der Waals surface area contributed by atoms with Crippen LogP contribution >= 0.6 is 0 Å². The highest BCUT2D eigenvalue weighted by molar-refractivity contribution is 5.95. The number of hydrogen-bond acceptors (Lipinski definition) is 6. The van der Waals surface area contributed by atoms with Gasteiger partial charge in [-0.25, -0.2) is 14.4 Å². The third-order valence-corrected chi connectivity index (χ3v) is 6.29. The predicted octanol–water partition coefficient (Wildman–Crippen LogP) is 5.90. The molecule has 0 spiro atoms. The molecule has 194 valence electrons. The zero-order valence-corrected chi connectivity index (χ0v) is 21.5. The molecule has 0 atom stereocenters. The van der Waals surface area contributed by atoms with E-state index in [1.807, 2.05) is 57.2 Å². The molecule has 39 heavy (non-hydrogen) atoms. The van der Waals surface area contributed by atoms with Gasteiger partial charge in [0.25, 0.3) is 0 Å². The summed E-state index contributed by atoms with van der Waals surface area (Å²) >= 11 is 0. The van der Waals surface area contributed by atoms with Gasteiger partial charge in [0.15, 0.2) is 17.3 Å². The Morgan fingerprint density at radius 2 is 1.90 bits per heavy atom. The summed E-state index contributed by atoms with van der Waals surface area (Å²) in [6.45, 7) is 5.56. The van der Waals surface area contributed by atoms with Crippen LogP contribution < -0.4 is 10.6 Å². The van der Waals surface area contributed by atoms with Crippen LogP contribution in [0, 0.1) is 11.2 Å². The second-order valence-corrected chi connectivity index (χ2v) is 10.2. The summed E-state index contributed by atoms with van der Waals surface area (Å²) in [5, 5.41) is 13.6. The van der Waals surface area contributed by atoms with Crippen LogP contribution in [0.3, 0.4) is 0 Å². The first kappa shape index (κ1) is 24.2. The number of amides is 1. The average Bonchev–Trinajstić information content (AvgIpc) is 3.47. The Morgan fingerprint density at radius 3 is 2.72 bits per heavy atom. The topological polar surface area (TPSA) is 124 Å². The van der Waals surface area contributed by atoms with E-state index in [4.69, 9.17) is 9.97 Å². The number of aromatic amines is 2. The fraction of sp³-hybridized carbons (Fsp3) is 0.138. The normalized spacial score (nSPS) is 13.0. The van der Waals surface area contributed by atoms with Crippen molar-refractivity contribution in [1.29, 1.82) is 0 Å². The summed E-state index contributed by atoms with van der Waals surface area (Å²) in [6, 6.07) is 12.0. The highest BCUT2D eigenvalue weighted by atomic mass is 19.1. The molecule has 4 N–H and O–H groups in total. The first-order valence-electron chi connectivity index (χ1n) is 12.4. The van der Waals surface area contributed by atoms with Crippen LogP contribution in [0.15, 0.2) is 73.2 Å². The van der Waals surface area contributed by atoms with Crippen LogP contribution in [0.2, 0.25) is 0 Å². The van der Waals surface area contributed by atoms with E-state index in [-0.39, 0.29) is 11.7 Å². The number of aromatic nitrogens is 6. The molecule has 6 rings (SSSR count). The van der Waals surface area contributed by atoms with Crippen molar-refractivity contribution in [3.05, 3.63) is 90.3 Å². The second-order valence-electron chi connectivity index (χ2n) is 10.2. The van der Waals surface area contributed by atoms with E-state index in [0.717, 1.165) is 22.2 Å². The number of carbonyl (C=O) groups is 1. The maximum Gasteiger partial charge on any atom is 0.229 e. The first-order valence-corrected chi connectivity index (χ1v) is 12.4. The first-order chi connectivity index (χ1) is 18.8. The number of carbonyl (C=O) groups excluding carboxylic acids is 1. The molecule has 4 aromatic heterocycles. The maximum atomic E-state index is 14.0. The Balaban J connectivity index is 1.38. The van der Waals surface area contributed by atoms with Crippen molar-refractivity contribution in [3.63, 3.8) is 0 Å². The standard InChI is InChI=1S/C29H25FN8O/c1-29(2,3)28(39)33-19-13-17(14-31-15-19)21-9-10-22-24(34-21)25(38-37-22)27-35-23-20(8-5-11-32-26(23)36-27)16-6-4-7-18(30)12-16/h4-15,32H,1-3H3,(H,33,39)(H,35,36)(H,37,38). The number of allylic oxidation sites excluding steroid dienone is 2. The summed E-state index contributed by atoms with van der Waals surface area (Å²) in [5.74, 6) is 0.676. The van der Waals surface area contributed by atoms with Crippen molar-refractivity contribution >= 4 is 34.0 Å². The van der Waals surface area contributed by atoms with E-state index < -0.39 is 5.41 Å². The quantitative estimate of drug-likeness (QED) is 0.234. The van der Waals surface area contributed by atoms with Gasteiger partial charge in [0.05, 0.1) is 28.8 Å².